The standard InChI is InChI=1S/C14H18ClNO4S/c1-10-11(15)6-5-7-12(10)21(19,20)16-14(13(17)18)8-3-2-4-9-14/h5-7,16H,2-4,8-9H2,1H3,(H,17,18). The van der Waals surface area contributed by atoms with E-state index in [1.54, 1.807) is 13.0 Å². The van der Waals surface area contributed by atoms with Crippen LogP contribution in [0.3, 0.4) is 0 Å². The second kappa shape index (κ2) is 5.94. The lowest BCUT2D eigenvalue weighted by molar-refractivity contribution is -0.145. The fraction of sp³-hybridized carbons (Fsp3) is 0.500. The van der Waals surface area contributed by atoms with E-state index < -0.39 is 21.5 Å². The maximum atomic E-state index is 12.6. The first-order chi connectivity index (χ1) is 9.78. The van der Waals surface area contributed by atoms with Crippen molar-refractivity contribution < 1.29 is 18.3 Å². The molecule has 1 aliphatic carbocycles. The molecular formula is C14H18ClNO4S. The zero-order chi connectivity index (χ0) is 15.7. The van der Waals surface area contributed by atoms with E-state index in [0.29, 0.717) is 36.3 Å². The zero-order valence-corrected chi connectivity index (χ0v) is 13.3. The highest BCUT2D eigenvalue weighted by atomic mass is 35.5. The van der Waals surface area contributed by atoms with Crippen molar-refractivity contribution in [3.63, 3.8) is 0 Å². The molecule has 0 atom stereocenters. The molecule has 1 aliphatic rings. The van der Waals surface area contributed by atoms with Crippen molar-refractivity contribution in [1.29, 1.82) is 0 Å². The maximum Gasteiger partial charge on any atom is 0.324 e. The van der Waals surface area contributed by atoms with Gasteiger partial charge in [-0.25, -0.2) is 8.42 Å². The third kappa shape index (κ3) is 3.22. The van der Waals surface area contributed by atoms with Crippen molar-refractivity contribution in [3.8, 4) is 0 Å². The normalized spacial score (nSPS) is 18.4. The molecule has 0 unspecified atom stereocenters. The number of carbonyl (C=O) groups is 1. The highest BCUT2D eigenvalue weighted by Gasteiger charge is 2.43. The summed E-state index contributed by atoms with van der Waals surface area (Å²) in [7, 11) is -3.93. The monoisotopic (exact) mass is 331 g/mol. The van der Waals surface area contributed by atoms with Gasteiger partial charge in [0.15, 0.2) is 0 Å². The van der Waals surface area contributed by atoms with Crippen LogP contribution in [0.1, 0.15) is 37.7 Å². The Kier molecular flexibility index (Phi) is 4.60. The highest BCUT2D eigenvalue weighted by molar-refractivity contribution is 7.89. The lowest BCUT2D eigenvalue weighted by Crippen LogP contribution is -2.55. The van der Waals surface area contributed by atoms with Gasteiger partial charge in [0.2, 0.25) is 10.0 Å². The van der Waals surface area contributed by atoms with Crippen LogP contribution in [0, 0.1) is 6.92 Å². The molecule has 0 heterocycles. The summed E-state index contributed by atoms with van der Waals surface area (Å²) in [6.45, 7) is 1.60. The Balaban J connectivity index is 2.40. The molecule has 2 N–H and O–H groups in total. The van der Waals surface area contributed by atoms with Crippen LogP contribution >= 0.6 is 11.6 Å². The average Bonchev–Trinajstić information content (AvgIpc) is 2.42. The van der Waals surface area contributed by atoms with Crippen molar-refractivity contribution in [2.24, 2.45) is 0 Å². The van der Waals surface area contributed by atoms with Gasteiger partial charge in [-0.2, -0.15) is 4.72 Å². The van der Waals surface area contributed by atoms with Gasteiger partial charge in [0.1, 0.15) is 5.54 Å². The Bertz CT molecular complexity index is 651. The van der Waals surface area contributed by atoms with Gasteiger partial charge in [-0.3, -0.25) is 4.79 Å². The van der Waals surface area contributed by atoms with Crippen LogP contribution in [0.4, 0.5) is 0 Å². The zero-order valence-electron chi connectivity index (χ0n) is 11.7. The summed E-state index contributed by atoms with van der Waals surface area (Å²) >= 11 is 5.95. The second-order valence-electron chi connectivity index (χ2n) is 5.42. The largest absolute Gasteiger partial charge is 0.480 e. The number of hydrogen-bond donors (Lipinski definition) is 2. The van der Waals surface area contributed by atoms with Crippen LogP contribution in [-0.2, 0) is 14.8 Å². The number of sulfonamides is 1. The van der Waals surface area contributed by atoms with Gasteiger partial charge >= 0.3 is 5.97 Å². The molecular weight excluding hydrogens is 314 g/mol. The van der Waals surface area contributed by atoms with Crippen LogP contribution in [-0.4, -0.2) is 25.0 Å². The Hall–Kier alpha value is -1.11. The van der Waals surface area contributed by atoms with E-state index in [1.807, 2.05) is 0 Å². The summed E-state index contributed by atoms with van der Waals surface area (Å²) in [6.07, 6.45) is 2.93. The van der Waals surface area contributed by atoms with E-state index in [4.69, 9.17) is 11.6 Å². The Morgan fingerprint density at radius 2 is 1.90 bits per heavy atom. The van der Waals surface area contributed by atoms with Crippen molar-refractivity contribution in [2.75, 3.05) is 0 Å². The van der Waals surface area contributed by atoms with E-state index in [0.717, 1.165) is 6.42 Å². The number of carboxylic acids is 1. The van der Waals surface area contributed by atoms with Gasteiger partial charge in [0.05, 0.1) is 4.90 Å². The number of aliphatic carboxylic acids is 1. The van der Waals surface area contributed by atoms with Crippen molar-refractivity contribution in [2.45, 2.75) is 49.5 Å². The molecule has 0 radical (unpaired) electrons. The molecule has 0 spiro atoms. The molecule has 0 aliphatic heterocycles. The number of benzene rings is 1. The number of halogens is 1. The Labute approximate surface area is 129 Å². The molecule has 5 nitrogen and oxygen atoms in total. The minimum absolute atomic E-state index is 0.0289. The molecule has 0 bridgehead atoms. The molecule has 0 amide bonds. The number of rotatable bonds is 4. The fourth-order valence-electron chi connectivity index (χ4n) is 2.71. The molecule has 1 aromatic rings. The van der Waals surface area contributed by atoms with Crippen molar-refractivity contribution in [3.05, 3.63) is 28.8 Å². The third-order valence-electron chi connectivity index (χ3n) is 3.95. The summed E-state index contributed by atoms with van der Waals surface area (Å²) < 4.78 is 27.5. The van der Waals surface area contributed by atoms with Gasteiger partial charge in [-0.15, -0.1) is 0 Å². The van der Waals surface area contributed by atoms with Crippen LogP contribution in [0.5, 0.6) is 0 Å². The van der Waals surface area contributed by atoms with E-state index in [1.165, 1.54) is 12.1 Å². The summed E-state index contributed by atoms with van der Waals surface area (Å²) in [4.78, 5) is 11.6. The SMILES string of the molecule is Cc1c(Cl)cccc1S(=O)(=O)NC1(C(=O)O)CCCCC1. The molecule has 2 rings (SSSR count). The van der Waals surface area contributed by atoms with Gasteiger partial charge < -0.3 is 5.11 Å². The van der Waals surface area contributed by atoms with E-state index in [-0.39, 0.29) is 4.90 Å². The summed E-state index contributed by atoms with van der Waals surface area (Å²) in [5, 5.41) is 9.81. The highest BCUT2D eigenvalue weighted by Crippen LogP contribution is 2.31. The number of carboxylic acid groups (broad SMARTS) is 1. The first-order valence-electron chi connectivity index (χ1n) is 6.81. The molecule has 0 aromatic heterocycles. The van der Waals surface area contributed by atoms with E-state index >= 15 is 0 Å². The lowest BCUT2D eigenvalue weighted by Gasteiger charge is -2.33. The van der Waals surface area contributed by atoms with Crippen LogP contribution in [0.2, 0.25) is 5.02 Å². The van der Waals surface area contributed by atoms with E-state index in [9.17, 15) is 18.3 Å². The van der Waals surface area contributed by atoms with Crippen molar-refractivity contribution >= 4 is 27.6 Å². The number of hydrogen-bond acceptors (Lipinski definition) is 3. The summed E-state index contributed by atoms with van der Waals surface area (Å²) in [5.41, 5.74) is -0.991. The van der Waals surface area contributed by atoms with Gasteiger partial charge in [0.25, 0.3) is 0 Å². The molecule has 116 valence electrons. The third-order valence-corrected chi connectivity index (χ3v) is 6.04. The predicted molar refractivity (Wildman–Crippen MR) is 80.0 cm³/mol. The first kappa shape index (κ1) is 16.3. The Morgan fingerprint density at radius 3 is 2.48 bits per heavy atom. The molecule has 1 aromatic carbocycles. The topological polar surface area (TPSA) is 83.5 Å². The Morgan fingerprint density at radius 1 is 1.29 bits per heavy atom. The fourth-order valence-corrected chi connectivity index (χ4v) is 4.62. The minimum Gasteiger partial charge on any atom is -0.480 e. The smallest absolute Gasteiger partial charge is 0.324 e. The molecule has 7 heteroatoms. The van der Waals surface area contributed by atoms with Gasteiger partial charge in [-0.05, 0) is 37.5 Å². The molecule has 1 fully saturated rings. The first-order valence-corrected chi connectivity index (χ1v) is 8.67. The van der Waals surface area contributed by atoms with Crippen LogP contribution < -0.4 is 4.72 Å². The quantitative estimate of drug-likeness (QED) is 0.888. The molecule has 21 heavy (non-hydrogen) atoms. The van der Waals surface area contributed by atoms with E-state index in [2.05, 4.69) is 4.72 Å². The predicted octanol–water partition coefficient (Wildman–Crippen LogP) is 2.71. The van der Waals surface area contributed by atoms with Crippen LogP contribution in [0.25, 0.3) is 0 Å². The average molecular weight is 332 g/mol. The van der Waals surface area contributed by atoms with Crippen molar-refractivity contribution in [1.82, 2.24) is 4.72 Å². The second-order valence-corrected chi connectivity index (χ2v) is 7.47. The van der Waals surface area contributed by atoms with Crippen LogP contribution in [0.15, 0.2) is 23.1 Å². The van der Waals surface area contributed by atoms with Gasteiger partial charge in [0, 0.05) is 5.02 Å². The number of nitrogens with one attached hydrogen (secondary N) is 1. The molecule has 1 saturated carbocycles. The lowest BCUT2D eigenvalue weighted by atomic mass is 9.83. The molecule has 0 saturated heterocycles. The summed E-state index contributed by atoms with van der Waals surface area (Å²) in [5.74, 6) is -1.12. The summed E-state index contributed by atoms with van der Waals surface area (Å²) in [6, 6.07) is 4.57. The van der Waals surface area contributed by atoms with Gasteiger partial charge in [-0.1, -0.05) is 36.9 Å². The maximum absolute atomic E-state index is 12.6. The minimum atomic E-state index is -3.93.